The van der Waals surface area contributed by atoms with E-state index in [4.69, 9.17) is 4.74 Å². The topological polar surface area (TPSA) is 105 Å². The second-order valence-electron chi connectivity index (χ2n) is 8.58. The van der Waals surface area contributed by atoms with E-state index in [0.29, 0.717) is 30.9 Å². The number of carboxylic acid groups (broad SMARTS) is 1. The number of rotatable bonds is 9. The molecule has 35 heavy (non-hydrogen) atoms. The fraction of sp³-hybridized carbons (Fsp3) is 0.375. The van der Waals surface area contributed by atoms with Gasteiger partial charge in [-0.25, -0.2) is 9.18 Å². The van der Waals surface area contributed by atoms with Crippen LogP contribution in [0.4, 0.5) is 28.0 Å². The van der Waals surface area contributed by atoms with E-state index in [1.807, 2.05) is 5.32 Å². The molecule has 1 fully saturated rings. The number of anilines is 1. The molecule has 2 amide bonds. The van der Waals surface area contributed by atoms with Gasteiger partial charge >= 0.3 is 18.2 Å². The van der Waals surface area contributed by atoms with Gasteiger partial charge in [-0.2, -0.15) is 13.2 Å². The molecule has 0 bridgehead atoms. The molecule has 188 valence electrons. The van der Waals surface area contributed by atoms with Gasteiger partial charge in [-0.05, 0) is 42.5 Å². The summed E-state index contributed by atoms with van der Waals surface area (Å²) in [6.45, 7) is 0.474. The summed E-state index contributed by atoms with van der Waals surface area (Å²) in [5.74, 6) is -5.54. The Labute approximate surface area is 198 Å². The van der Waals surface area contributed by atoms with Crippen LogP contribution in [-0.4, -0.2) is 35.3 Å². The molecule has 1 saturated carbocycles. The number of ether oxygens (including phenoxy) is 1. The van der Waals surface area contributed by atoms with E-state index in [1.165, 1.54) is 12.1 Å². The summed E-state index contributed by atoms with van der Waals surface area (Å²) in [6.07, 6.45) is -5.13. The van der Waals surface area contributed by atoms with Gasteiger partial charge in [0.1, 0.15) is 18.5 Å². The number of benzene rings is 2. The molecule has 0 radical (unpaired) electrons. The van der Waals surface area contributed by atoms with E-state index >= 15 is 0 Å². The lowest BCUT2D eigenvalue weighted by Crippen LogP contribution is -2.52. The van der Waals surface area contributed by atoms with Crippen LogP contribution in [0.2, 0.25) is 0 Å². The highest BCUT2D eigenvalue weighted by Crippen LogP contribution is 2.48. The molecule has 1 aliphatic carbocycles. The molecule has 11 heteroatoms. The fourth-order valence-electron chi connectivity index (χ4n) is 3.49. The van der Waals surface area contributed by atoms with Crippen molar-refractivity contribution in [3.63, 3.8) is 0 Å². The molecule has 2 unspecified atom stereocenters. The number of nitrogens with one attached hydrogen (secondary N) is 2. The number of alkyl halides is 3. The zero-order valence-electron chi connectivity index (χ0n) is 18.7. The number of halogens is 4. The monoisotopic (exact) mass is 496 g/mol. The minimum atomic E-state index is -4.85. The Kier molecular flexibility index (Phi) is 7.67. The number of aliphatic carboxylic acids is 1. The molecular formula is C24H24F4N2O5. The quantitative estimate of drug-likeness (QED) is 0.438. The second kappa shape index (κ2) is 10.3. The molecular weight excluding hydrogens is 472 g/mol. The van der Waals surface area contributed by atoms with Gasteiger partial charge in [-0.15, -0.1) is 0 Å². The van der Waals surface area contributed by atoms with Crippen LogP contribution in [0, 0.1) is 17.2 Å². The number of carboxylic acids is 1. The molecule has 2 atom stereocenters. The summed E-state index contributed by atoms with van der Waals surface area (Å²) < 4.78 is 59.5. The van der Waals surface area contributed by atoms with Gasteiger partial charge in [0.2, 0.25) is 5.91 Å². The van der Waals surface area contributed by atoms with Crippen LogP contribution in [0.3, 0.4) is 0 Å². The molecule has 7 nitrogen and oxygen atoms in total. The Hall–Kier alpha value is -3.63. The summed E-state index contributed by atoms with van der Waals surface area (Å²) in [7, 11) is 0. The summed E-state index contributed by atoms with van der Waals surface area (Å²) in [5.41, 5.74) is -0.401. The smallest absolute Gasteiger partial charge is 0.408 e. The van der Waals surface area contributed by atoms with Crippen molar-refractivity contribution in [1.82, 2.24) is 5.32 Å². The first-order chi connectivity index (χ1) is 16.4. The highest BCUT2D eigenvalue weighted by Gasteiger charge is 2.50. The van der Waals surface area contributed by atoms with Crippen molar-refractivity contribution in [2.45, 2.75) is 45.0 Å². The zero-order valence-corrected chi connectivity index (χ0v) is 18.7. The van der Waals surface area contributed by atoms with Gasteiger partial charge in [-0.3, -0.25) is 9.59 Å². The molecule has 3 N–H and O–H groups in total. The highest BCUT2D eigenvalue weighted by molar-refractivity contribution is 5.97. The van der Waals surface area contributed by atoms with Crippen LogP contribution in [0.5, 0.6) is 0 Å². The standard InChI is InChI=1S/C24H24F4N2O5/c1-14(24(26,27)28)19(30-22(34)35-13-15-5-3-2-4-6-15)20(31)29-18-11-16(7-8-17(18)25)12-23(9-10-23)21(32)33/h2-8,11,14,19H,9-10,12-13H2,1H3,(H,29,31)(H,30,34)(H,32,33). The summed E-state index contributed by atoms with van der Waals surface area (Å²) in [4.78, 5) is 36.3. The average molecular weight is 496 g/mol. The first kappa shape index (κ1) is 26.0. The van der Waals surface area contributed by atoms with Crippen LogP contribution in [0.1, 0.15) is 30.9 Å². The molecule has 2 aromatic rings. The minimum Gasteiger partial charge on any atom is -0.481 e. The first-order valence-electron chi connectivity index (χ1n) is 10.8. The maximum atomic E-state index is 14.3. The van der Waals surface area contributed by atoms with Crippen molar-refractivity contribution >= 4 is 23.7 Å². The third-order valence-electron chi connectivity index (χ3n) is 5.92. The maximum Gasteiger partial charge on any atom is 0.408 e. The van der Waals surface area contributed by atoms with Crippen LogP contribution in [0.25, 0.3) is 0 Å². The van der Waals surface area contributed by atoms with Crippen molar-refractivity contribution in [1.29, 1.82) is 0 Å². The lowest BCUT2D eigenvalue weighted by Gasteiger charge is -2.26. The number of carbonyl (C=O) groups excluding carboxylic acids is 2. The van der Waals surface area contributed by atoms with Crippen LogP contribution in [-0.2, 0) is 27.4 Å². The molecule has 3 rings (SSSR count). The van der Waals surface area contributed by atoms with Gasteiger partial charge in [0, 0.05) is 0 Å². The van der Waals surface area contributed by atoms with Crippen molar-refractivity contribution in [2.24, 2.45) is 11.3 Å². The van der Waals surface area contributed by atoms with E-state index in [2.05, 4.69) is 5.32 Å². The van der Waals surface area contributed by atoms with E-state index in [1.54, 1.807) is 30.3 Å². The fourth-order valence-corrected chi connectivity index (χ4v) is 3.49. The van der Waals surface area contributed by atoms with Gasteiger partial charge < -0.3 is 20.5 Å². The van der Waals surface area contributed by atoms with Crippen molar-refractivity contribution in [3.05, 3.63) is 65.5 Å². The van der Waals surface area contributed by atoms with Crippen molar-refractivity contribution in [3.8, 4) is 0 Å². The third-order valence-corrected chi connectivity index (χ3v) is 5.92. The van der Waals surface area contributed by atoms with Crippen molar-refractivity contribution in [2.75, 3.05) is 5.32 Å². The molecule has 0 heterocycles. The number of carbonyl (C=O) groups is 3. The summed E-state index contributed by atoms with van der Waals surface area (Å²) in [5, 5.41) is 13.3. The highest BCUT2D eigenvalue weighted by atomic mass is 19.4. The normalized spacial score (nSPS) is 16.0. The van der Waals surface area contributed by atoms with E-state index in [-0.39, 0.29) is 13.0 Å². The number of hydrogen-bond acceptors (Lipinski definition) is 4. The Morgan fingerprint density at radius 2 is 1.74 bits per heavy atom. The van der Waals surface area contributed by atoms with Gasteiger partial charge in [-0.1, -0.05) is 43.3 Å². The largest absolute Gasteiger partial charge is 0.481 e. The molecule has 0 aliphatic heterocycles. The van der Waals surface area contributed by atoms with Crippen LogP contribution in [0.15, 0.2) is 48.5 Å². The minimum absolute atomic E-state index is 0.0813. The number of amides is 2. The van der Waals surface area contributed by atoms with E-state index < -0.39 is 53.0 Å². The molecule has 1 aliphatic rings. The molecule has 0 saturated heterocycles. The molecule has 0 spiro atoms. The van der Waals surface area contributed by atoms with Crippen LogP contribution < -0.4 is 10.6 Å². The Morgan fingerprint density at radius 3 is 2.31 bits per heavy atom. The summed E-state index contributed by atoms with van der Waals surface area (Å²) >= 11 is 0. The zero-order chi connectivity index (χ0) is 25.8. The van der Waals surface area contributed by atoms with E-state index in [0.717, 1.165) is 6.07 Å². The molecule has 2 aromatic carbocycles. The summed E-state index contributed by atoms with van der Waals surface area (Å²) in [6, 6.07) is 9.79. The number of hydrogen-bond donors (Lipinski definition) is 3. The third kappa shape index (κ3) is 6.71. The molecule has 0 aromatic heterocycles. The average Bonchev–Trinajstić information content (AvgIpc) is 3.58. The lowest BCUT2D eigenvalue weighted by molar-refractivity contribution is -0.178. The Balaban J connectivity index is 1.73. The van der Waals surface area contributed by atoms with Crippen LogP contribution >= 0.6 is 0 Å². The van der Waals surface area contributed by atoms with Gasteiger partial charge in [0.05, 0.1) is 17.0 Å². The Morgan fingerprint density at radius 1 is 1.09 bits per heavy atom. The predicted molar refractivity (Wildman–Crippen MR) is 117 cm³/mol. The first-order valence-corrected chi connectivity index (χ1v) is 10.8. The van der Waals surface area contributed by atoms with E-state index in [9.17, 15) is 37.1 Å². The van der Waals surface area contributed by atoms with Crippen molar-refractivity contribution < 1.29 is 41.8 Å². The second-order valence-corrected chi connectivity index (χ2v) is 8.58. The SMILES string of the molecule is CC(C(NC(=O)OCc1ccccc1)C(=O)Nc1cc(CC2(C(=O)O)CC2)ccc1F)C(F)(F)F. The number of alkyl carbamates (subject to hydrolysis) is 1. The lowest BCUT2D eigenvalue weighted by atomic mass is 9.96. The maximum absolute atomic E-state index is 14.3. The van der Waals surface area contributed by atoms with Gasteiger partial charge in [0.25, 0.3) is 0 Å². The Bertz CT molecular complexity index is 1090. The van der Waals surface area contributed by atoms with Gasteiger partial charge in [0.15, 0.2) is 0 Å². The predicted octanol–water partition coefficient (Wildman–Crippen LogP) is 4.66.